The zero-order valence-electron chi connectivity index (χ0n) is 19.5. The lowest BCUT2D eigenvalue weighted by Gasteiger charge is -2.24. The van der Waals surface area contributed by atoms with Crippen LogP contribution in [0.2, 0.25) is 0 Å². The molecule has 2 rings (SSSR count). The maximum Gasteiger partial charge on any atom is 0.225 e. The van der Waals surface area contributed by atoms with Gasteiger partial charge in [0.25, 0.3) is 0 Å². The molecule has 1 aliphatic rings. The van der Waals surface area contributed by atoms with Gasteiger partial charge in [0, 0.05) is 58.3 Å². The first-order valence-corrected chi connectivity index (χ1v) is 12.8. The average Bonchev–Trinajstić information content (AvgIpc) is 2.91. The third-order valence-electron chi connectivity index (χ3n) is 6.14. The Morgan fingerprint density at radius 3 is 2.58 bits per heavy atom. The van der Waals surface area contributed by atoms with E-state index in [-0.39, 0.29) is 30.7 Å². The third-order valence-corrected chi connectivity index (χ3v) is 7.44. The molecular formula is C21H37N5O4S. The number of hydrogen-bond acceptors (Lipinski definition) is 5. The minimum Gasteiger partial charge on any atom is -0.356 e. The van der Waals surface area contributed by atoms with Crippen molar-refractivity contribution in [2.24, 2.45) is 13.0 Å². The second-order valence-corrected chi connectivity index (χ2v) is 10.5. The van der Waals surface area contributed by atoms with Gasteiger partial charge in [-0.05, 0) is 51.5 Å². The van der Waals surface area contributed by atoms with Crippen LogP contribution in [-0.4, -0.2) is 78.7 Å². The van der Waals surface area contributed by atoms with Crippen molar-refractivity contribution in [1.29, 1.82) is 0 Å². The quantitative estimate of drug-likeness (QED) is 0.689. The molecule has 1 unspecified atom stereocenters. The van der Waals surface area contributed by atoms with E-state index in [9.17, 15) is 18.0 Å². The highest BCUT2D eigenvalue weighted by atomic mass is 32.2. The Kier molecular flexibility index (Phi) is 9.05. The second kappa shape index (κ2) is 11.1. The molecule has 1 aromatic rings. The molecule has 2 amide bonds. The highest BCUT2D eigenvalue weighted by molar-refractivity contribution is 7.88. The van der Waals surface area contributed by atoms with E-state index in [0.717, 1.165) is 30.5 Å². The molecule has 1 saturated heterocycles. The lowest BCUT2D eigenvalue weighted by atomic mass is 9.97. The number of sulfonamides is 1. The summed E-state index contributed by atoms with van der Waals surface area (Å²) in [5.74, 6) is -0.358. The van der Waals surface area contributed by atoms with E-state index >= 15 is 0 Å². The van der Waals surface area contributed by atoms with Gasteiger partial charge in [-0.15, -0.1) is 0 Å². The number of hydrogen-bond donors (Lipinski definition) is 1. The molecular weight excluding hydrogens is 418 g/mol. The van der Waals surface area contributed by atoms with Crippen LogP contribution in [0.3, 0.4) is 0 Å². The maximum absolute atomic E-state index is 13.1. The lowest BCUT2D eigenvalue weighted by Crippen LogP contribution is -2.36. The summed E-state index contributed by atoms with van der Waals surface area (Å²) in [4.78, 5) is 26.8. The summed E-state index contributed by atoms with van der Waals surface area (Å²) in [5.41, 5.74) is 3.42. The molecule has 0 saturated carbocycles. The van der Waals surface area contributed by atoms with Crippen LogP contribution in [0.25, 0.3) is 0 Å². The molecule has 9 nitrogen and oxygen atoms in total. The number of carbonyl (C=O) groups is 2. The fourth-order valence-electron chi connectivity index (χ4n) is 4.14. The topological polar surface area (TPSA) is 105 Å². The van der Waals surface area contributed by atoms with Crippen LogP contribution in [0.15, 0.2) is 0 Å². The molecule has 1 fully saturated rings. The van der Waals surface area contributed by atoms with Crippen LogP contribution < -0.4 is 5.32 Å². The molecule has 176 valence electrons. The first kappa shape index (κ1) is 25.3. The Morgan fingerprint density at radius 2 is 1.97 bits per heavy atom. The first-order chi connectivity index (χ1) is 14.5. The van der Waals surface area contributed by atoms with Crippen molar-refractivity contribution in [1.82, 2.24) is 24.3 Å². The molecule has 31 heavy (non-hydrogen) atoms. The van der Waals surface area contributed by atoms with E-state index in [1.165, 1.54) is 9.87 Å². The number of aryl methyl sites for hydroxylation is 2. The van der Waals surface area contributed by atoms with Gasteiger partial charge >= 0.3 is 0 Å². The van der Waals surface area contributed by atoms with Crippen molar-refractivity contribution >= 4 is 21.8 Å². The van der Waals surface area contributed by atoms with Crippen LogP contribution >= 0.6 is 0 Å². The van der Waals surface area contributed by atoms with E-state index in [1.54, 1.807) is 4.90 Å². The Balaban J connectivity index is 1.94. The fraction of sp³-hybridized carbons (Fsp3) is 0.762. The second-order valence-electron chi connectivity index (χ2n) is 8.53. The molecule has 1 aromatic heterocycles. The smallest absolute Gasteiger partial charge is 0.225 e. The number of aromatic nitrogens is 2. The molecule has 1 atom stereocenters. The molecule has 0 bridgehead atoms. The lowest BCUT2D eigenvalue weighted by molar-refractivity contribution is -0.135. The largest absolute Gasteiger partial charge is 0.356 e. The van der Waals surface area contributed by atoms with Crippen molar-refractivity contribution in [2.45, 2.75) is 52.4 Å². The zero-order valence-corrected chi connectivity index (χ0v) is 20.3. The van der Waals surface area contributed by atoms with Crippen molar-refractivity contribution in [3.05, 3.63) is 17.0 Å². The van der Waals surface area contributed by atoms with Gasteiger partial charge in [-0.1, -0.05) is 0 Å². The van der Waals surface area contributed by atoms with Crippen LogP contribution in [0.1, 0.15) is 49.1 Å². The van der Waals surface area contributed by atoms with E-state index in [1.807, 2.05) is 25.7 Å². The molecule has 0 radical (unpaired) electrons. The van der Waals surface area contributed by atoms with Gasteiger partial charge < -0.3 is 10.2 Å². The predicted octanol–water partition coefficient (Wildman–Crippen LogP) is 0.996. The molecule has 2 heterocycles. The van der Waals surface area contributed by atoms with Gasteiger partial charge in [0.2, 0.25) is 21.8 Å². The summed E-state index contributed by atoms with van der Waals surface area (Å²) >= 11 is 0. The van der Waals surface area contributed by atoms with Gasteiger partial charge in [0.05, 0.1) is 11.9 Å². The van der Waals surface area contributed by atoms with Crippen LogP contribution in [-0.2, 0) is 33.1 Å². The van der Waals surface area contributed by atoms with Crippen molar-refractivity contribution in [3.8, 4) is 0 Å². The van der Waals surface area contributed by atoms with Crippen LogP contribution in [0, 0.1) is 19.8 Å². The standard InChI is InChI=1S/C21H37N5O4S/c1-16-19(17(2)25(4)23-16)9-7-13-24(3)21(28)18-8-6-14-26(31(5,29)30)15-11-20(27)22-12-10-18/h18H,6-15H2,1-5H3,(H,22,27). The third kappa shape index (κ3) is 7.31. The highest BCUT2D eigenvalue weighted by Crippen LogP contribution is 2.18. The minimum atomic E-state index is -3.38. The van der Waals surface area contributed by atoms with Gasteiger partial charge in [0.15, 0.2) is 0 Å². The van der Waals surface area contributed by atoms with Gasteiger partial charge in [-0.2, -0.15) is 5.10 Å². The summed E-state index contributed by atoms with van der Waals surface area (Å²) in [6, 6.07) is 0. The maximum atomic E-state index is 13.1. The first-order valence-electron chi connectivity index (χ1n) is 11.0. The predicted molar refractivity (Wildman–Crippen MR) is 120 cm³/mol. The van der Waals surface area contributed by atoms with E-state index < -0.39 is 10.0 Å². The van der Waals surface area contributed by atoms with Gasteiger partial charge in [-0.25, -0.2) is 12.7 Å². The Morgan fingerprint density at radius 1 is 1.26 bits per heavy atom. The molecule has 10 heteroatoms. The van der Waals surface area contributed by atoms with Crippen molar-refractivity contribution in [2.75, 3.05) is 39.5 Å². The SMILES string of the molecule is Cc1nn(C)c(C)c1CCCN(C)C(=O)C1CCCN(S(C)(=O)=O)CCC(=O)NCC1. The van der Waals surface area contributed by atoms with Crippen LogP contribution in [0.4, 0.5) is 0 Å². The molecule has 0 spiro atoms. The van der Waals surface area contributed by atoms with E-state index in [2.05, 4.69) is 17.3 Å². The van der Waals surface area contributed by atoms with Crippen molar-refractivity contribution in [3.63, 3.8) is 0 Å². The van der Waals surface area contributed by atoms with E-state index in [0.29, 0.717) is 38.9 Å². The highest BCUT2D eigenvalue weighted by Gasteiger charge is 2.25. The summed E-state index contributed by atoms with van der Waals surface area (Å²) in [6.45, 7) is 5.64. The monoisotopic (exact) mass is 455 g/mol. The number of rotatable bonds is 6. The number of nitrogens with zero attached hydrogens (tertiary/aromatic N) is 4. The fourth-order valence-corrected chi connectivity index (χ4v) is 5.03. The van der Waals surface area contributed by atoms with Gasteiger partial charge in [-0.3, -0.25) is 14.3 Å². The number of nitrogens with one attached hydrogen (secondary N) is 1. The summed E-state index contributed by atoms with van der Waals surface area (Å²) in [5, 5.41) is 7.26. The molecule has 1 N–H and O–H groups in total. The summed E-state index contributed by atoms with van der Waals surface area (Å²) < 4.78 is 27.1. The number of amides is 2. The van der Waals surface area contributed by atoms with Crippen LogP contribution in [0.5, 0.6) is 0 Å². The zero-order chi connectivity index (χ0) is 23.2. The minimum absolute atomic E-state index is 0.0547. The Hall–Kier alpha value is -1.94. The van der Waals surface area contributed by atoms with Crippen molar-refractivity contribution < 1.29 is 18.0 Å². The average molecular weight is 456 g/mol. The summed E-state index contributed by atoms with van der Waals surface area (Å²) in [7, 11) is 0.379. The number of carbonyl (C=O) groups excluding carboxylic acids is 2. The normalized spacial score (nSPS) is 19.5. The molecule has 0 aliphatic carbocycles. The van der Waals surface area contributed by atoms with E-state index in [4.69, 9.17) is 0 Å². The Bertz CT molecular complexity index is 881. The van der Waals surface area contributed by atoms with Gasteiger partial charge in [0.1, 0.15) is 0 Å². The summed E-state index contributed by atoms with van der Waals surface area (Å²) in [6.07, 6.45) is 4.78. The Labute approximate surface area is 186 Å². The molecule has 1 aliphatic heterocycles. The molecule has 0 aromatic carbocycles.